The molecular weight excluding hydrogens is 232 g/mol. The smallest absolute Gasteiger partial charge is 0.339 e. The largest absolute Gasteiger partial charge is 0.497 e. The Kier molecular flexibility index (Phi) is 3.32. The van der Waals surface area contributed by atoms with E-state index in [1.165, 1.54) is 0 Å². The number of aryl methyl sites for hydroxylation is 1. The number of rotatable bonds is 4. The van der Waals surface area contributed by atoms with Gasteiger partial charge < -0.3 is 9.84 Å². The normalized spacial score (nSPS) is 10.3. The summed E-state index contributed by atoms with van der Waals surface area (Å²) in [6.07, 6.45) is 0.482. The second-order valence-corrected chi connectivity index (χ2v) is 4.00. The van der Waals surface area contributed by atoms with Gasteiger partial charge in [-0.1, -0.05) is 12.1 Å². The number of methoxy groups -OCH3 is 1. The predicted octanol–water partition coefficient (Wildman–Crippen LogP) is 2.02. The Morgan fingerprint density at radius 1 is 1.39 bits per heavy atom. The Hall–Kier alpha value is -2.30. The van der Waals surface area contributed by atoms with Gasteiger partial charge in [0.15, 0.2) is 0 Å². The number of aromatic nitrogens is 2. The number of aromatic carboxylic acids is 1. The highest BCUT2D eigenvalue weighted by atomic mass is 16.5. The monoisotopic (exact) mass is 246 g/mol. The first kappa shape index (κ1) is 12.2. The van der Waals surface area contributed by atoms with Gasteiger partial charge in [-0.3, -0.25) is 5.10 Å². The van der Waals surface area contributed by atoms with Crippen molar-refractivity contribution in [2.75, 3.05) is 7.11 Å². The first-order valence-electron chi connectivity index (χ1n) is 5.52. The molecule has 0 spiro atoms. The zero-order valence-corrected chi connectivity index (χ0v) is 10.2. The lowest BCUT2D eigenvalue weighted by Crippen LogP contribution is -2.02. The molecule has 94 valence electrons. The number of hydrogen-bond donors (Lipinski definition) is 2. The Labute approximate surface area is 104 Å². The van der Waals surface area contributed by atoms with Crippen molar-refractivity contribution in [2.45, 2.75) is 13.3 Å². The van der Waals surface area contributed by atoms with Crippen LogP contribution in [0.3, 0.4) is 0 Å². The zero-order chi connectivity index (χ0) is 13.1. The Bertz CT molecular complexity index is 558. The third kappa shape index (κ3) is 2.34. The van der Waals surface area contributed by atoms with Crippen LogP contribution in [0.25, 0.3) is 0 Å². The standard InChI is InChI=1S/C13H14N2O3/c1-8-12(13(16)17)11(15-14-8)7-9-3-5-10(18-2)6-4-9/h3-6H,7H2,1-2H3,(H,14,15)(H,16,17). The molecular formula is C13H14N2O3. The quantitative estimate of drug-likeness (QED) is 0.865. The van der Waals surface area contributed by atoms with E-state index in [0.717, 1.165) is 11.3 Å². The first-order chi connectivity index (χ1) is 8.61. The highest BCUT2D eigenvalue weighted by Crippen LogP contribution is 2.17. The van der Waals surface area contributed by atoms with E-state index in [1.54, 1.807) is 14.0 Å². The minimum absolute atomic E-state index is 0.255. The molecule has 0 radical (unpaired) electrons. The fourth-order valence-electron chi connectivity index (χ4n) is 1.83. The Morgan fingerprint density at radius 2 is 2.06 bits per heavy atom. The lowest BCUT2D eigenvalue weighted by atomic mass is 10.1. The molecule has 0 aliphatic heterocycles. The van der Waals surface area contributed by atoms with E-state index < -0.39 is 5.97 Å². The molecule has 0 atom stereocenters. The van der Waals surface area contributed by atoms with E-state index in [9.17, 15) is 4.79 Å². The van der Waals surface area contributed by atoms with Gasteiger partial charge in [-0.2, -0.15) is 5.10 Å². The van der Waals surface area contributed by atoms with Crippen LogP contribution in [-0.4, -0.2) is 28.4 Å². The van der Waals surface area contributed by atoms with Crippen LogP contribution in [0.15, 0.2) is 24.3 Å². The van der Waals surface area contributed by atoms with Gasteiger partial charge in [-0.15, -0.1) is 0 Å². The minimum Gasteiger partial charge on any atom is -0.497 e. The van der Waals surface area contributed by atoms with Crippen molar-refractivity contribution in [2.24, 2.45) is 0 Å². The van der Waals surface area contributed by atoms with Crippen molar-refractivity contribution in [1.82, 2.24) is 10.2 Å². The third-order valence-corrected chi connectivity index (χ3v) is 2.77. The molecule has 0 bridgehead atoms. The molecule has 5 nitrogen and oxygen atoms in total. The number of hydrogen-bond acceptors (Lipinski definition) is 3. The van der Waals surface area contributed by atoms with Gasteiger partial charge in [-0.05, 0) is 24.6 Å². The van der Waals surface area contributed by atoms with Crippen molar-refractivity contribution in [1.29, 1.82) is 0 Å². The van der Waals surface area contributed by atoms with E-state index in [0.29, 0.717) is 17.8 Å². The first-order valence-corrected chi connectivity index (χ1v) is 5.52. The predicted molar refractivity (Wildman–Crippen MR) is 66.1 cm³/mol. The second-order valence-electron chi connectivity index (χ2n) is 4.00. The van der Waals surface area contributed by atoms with Gasteiger partial charge >= 0.3 is 5.97 Å². The molecule has 0 saturated heterocycles. The van der Waals surface area contributed by atoms with E-state index in [2.05, 4.69) is 10.2 Å². The summed E-state index contributed by atoms with van der Waals surface area (Å²) in [5, 5.41) is 15.9. The summed E-state index contributed by atoms with van der Waals surface area (Å²) in [5.41, 5.74) is 2.37. The molecule has 5 heteroatoms. The Balaban J connectivity index is 2.25. The summed E-state index contributed by atoms with van der Waals surface area (Å²) in [7, 11) is 1.61. The summed E-state index contributed by atoms with van der Waals surface area (Å²) >= 11 is 0. The Morgan fingerprint density at radius 3 is 2.61 bits per heavy atom. The topological polar surface area (TPSA) is 75.2 Å². The third-order valence-electron chi connectivity index (χ3n) is 2.77. The lowest BCUT2D eigenvalue weighted by Gasteiger charge is -2.02. The molecule has 0 amide bonds. The van der Waals surface area contributed by atoms with E-state index in [1.807, 2.05) is 24.3 Å². The van der Waals surface area contributed by atoms with Crippen LogP contribution in [-0.2, 0) is 6.42 Å². The number of carbonyl (C=O) groups is 1. The van der Waals surface area contributed by atoms with Crippen LogP contribution in [0.4, 0.5) is 0 Å². The maximum absolute atomic E-state index is 11.1. The van der Waals surface area contributed by atoms with E-state index in [4.69, 9.17) is 9.84 Å². The maximum Gasteiger partial charge on any atom is 0.339 e. The van der Waals surface area contributed by atoms with E-state index >= 15 is 0 Å². The van der Waals surface area contributed by atoms with Crippen LogP contribution < -0.4 is 4.74 Å². The molecule has 1 aromatic heterocycles. The highest BCUT2D eigenvalue weighted by Gasteiger charge is 2.17. The van der Waals surface area contributed by atoms with Crippen LogP contribution in [0.5, 0.6) is 5.75 Å². The van der Waals surface area contributed by atoms with Crippen molar-refractivity contribution in [3.05, 3.63) is 46.8 Å². The molecule has 2 rings (SSSR count). The maximum atomic E-state index is 11.1. The second kappa shape index (κ2) is 4.91. The molecule has 1 aromatic carbocycles. The fourth-order valence-corrected chi connectivity index (χ4v) is 1.83. The summed E-state index contributed by atoms with van der Waals surface area (Å²) in [6.45, 7) is 1.70. The minimum atomic E-state index is -0.954. The number of carboxylic acid groups (broad SMARTS) is 1. The molecule has 0 unspecified atom stereocenters. The van der Waals surface area contributed by atoms with Crippen molar-refractivity contribution < 1.29 is 14.6 Å². The number of nitrogens with one attached hydrogen (secondary N) is 1. The van der Waals surface area contributed by atoms with Crippen LogP contribution in [0, 0.1) is 6.92 Å². The average molecular weight is 246 g/mol. The van der Waals surface area contributed by atoms with Gasteiger partial charge in [0.05, 0.1) is 12.8 Å². The molecule has 0 saturated carbocycles. The average Bonchev–Trinajstić information content (AvgIpc) is 2.71. The fraction of sp³-hybridized carbons (Fsp3) is 0.231. The summed E-state index contributed by atoms with van der Waals surface area (Å²) in [4.78, 5) is 11.1. The molecule has 18 heavy (non-hydrogen) atoms. The van der Waals surface area contributed by atoms with Gasteiger partial charge in [0.1, 0.15) is 11.3 Å². The number of aromatic amines is 1. The number of nitrogens with zero attached hydrogens (tertiary/aromatic N) is 1. The zero-order valence-electron chi connectivity index (χ0n) is 10.2. The van der Waals surface area contributed by atoms with Crippen LogP contribution >= 0.6 is 0 Å². The number of carboxylic acids is 1. The molecule has 1 heterocycles. The summed E-state index contributed by atoms with van der Waals surface area (Å²) in [5.74, 6) is -0.180. The van der Waals surface area contributed by atoms with Crippen molar-refractivity contribution in [3.63, 3.8) is 0 Å². The van der Waals surface area contributed by atoms with Crippen LogP contribution in [0.1, 0.15) is 27.3 Å². The molecule has 2 aromatic rings. The number of ether oxygens (including phenoxy) is 1. The van der Waals surface area contributed by atoms with Crippen molar-refractivity contribution in [3.8, 4) is 5.75 Å². The van der Waals surface area contributed by atoms with Gasteiger partial charge in [-0.25, -0.2) is 4.79 Å². The summed E-state index contributed by atoms with van der Waals surface area (Å²) in [6, 6.07) is 7.48. The molecule has 0 fully saturated rings. The number of benzene rings is 1. The SMILES string of the molecule is COc1ccc(Cc2n[nH]c(C)c2C(=O)O)cc1. The van der Waals surface area contributed by atoms with Gasteiger partial charge in [0, 0.05) is 12.1 Å². The van der Waals surface area contributed by atoms with Gasteiger partial charge in [0.25, 0.3) is 0 Å². The number of H-pyrrole nitrogens is 1. The lowest BCUT2D eigenvalue weighted by molar-refractivity contribution is 0.0695. The van der Waals surface area contributed by atoms with Crippen LogP contribution in [0.2, 0.25) is 0 Å². The van der Waals surface area contributed by atoms with E-state index in [-0.39, 0.29) is 5.56 Å². The molecule has 0 aliphatic rings. The molecule has 0 aliphatic carbocycles. The van der Waals surface area contributed by atoms with Gasteiger partial charge in [0.2, 0.25) is 0 Å². The highest BCUT2D eigenvalue weighted by molar-refractivity contribution is 5.90. The molecule has 2 N–H and O–H groups in total. The van der Waals surface area contributed by atoms with Crippen molar-refractivity contribution >= 4 is 5.97 Å². The summed E-state index contributed by atoms with van der Waals surface area (Å²) < 4.78 is 5.07.